The zero-order chi connectivity index (χ0) is 11.0. The lowest BCUT2D eigenvalue weighted by molar-refractivity contribution is -0.131. The topological polar surface area (TPSA) is 68.3 Å². The third kappa shape index (κ3) is 1.61. The van der Waals surface area contributed by atoms with Gasteiger partial charge in [0.15, 0.2) is 15.6 Å². The average molecular weight is 218 g/mol. The van der Waals surface area contributed by atoms with Crippen molar-refractivity contribution < 1.29 is 18.0 Å². The predicted octanol–water partition coefficient (Wildman–Crippen LogP) is 0.502. The van der Waals surface area contributed by atoms with Crippen molar-refractivity contribution in [1.29, 1.82) is 0 Å². The van der Waals surface area contributed by atoms with Crippen LogP contribution in [0.1, 0.15) is 32.6 Å². The maximum atomic E-state index is 11.6. The van der Waals surface area contributed by atoms with Crippen LogP contribution in [0, 0.1) is 0 Å². The first-order valence-electron chi connectivity index (χ1n) is 4.58. The molecule has 0 saturated heterocycles. The first-order valence-corrected chi connectivity index (χ1v) is 6.47. The van der Waals surface area contributed by atoms with Gasteiger partial charge in [0.25, 0.3) is 0 Å². The van der Waals surface area contributed by atoms with E-state index in [-0.39, 0.29) is 31.5 Å². The van der Waals surface area contributed by atoms with Crippen molar-refractivity contribution in [3.05, 3.63) is 0 Å². The van der Waals surface area contributed by atoms with E-state index in [2.05, 4.69) is 0 Å². The van der Waals surface area contributed by atoms with Crippen molar-refractivity contribution in [2.45, 2.75) is 37.4 Å². The van der Waals surface area contributed by atoms with Crippen LogP contribution in [0.25, 0.3) is 0 Å². The van der Waals surface area contributed by atoms with E-state index in [0.29, 0.717) is 0 Å². The maximum Gasteiger partial charge on any atom is 0.161 e. The molecule has 0 heterocycles. The number of carbonyl (C=O) groups excluding carboxylic acids is 2. The highest BCUT2D eigenvalue weighted by Crippen LogP contribution is 2.33. The first kappa shape index (κ1) is 11.4. The van der Waals surface area contributed by atoms with Gasteiger partial charge in [-0.3, -0.25) is 9.59 Å². The number of rotatable bonds is 2. The van der Waals surface area contributed by atoms with Crippen molar-refractivity contribution in [1.82, 2.24) is 0 Å². The Balaban J connectivity index is 3.14. The summed E-state index contributed by atoms with van der Waals surface area (Å²) >= 11 is 0. The van der Waals surface area contributed by atoms with E-state index in [9.17, 15) is 18.0 Å². The summed E-state index contributed by atoms with van der Waals surface area (Å²) in [7, 11) is -3.41. The van der Waals surface area contributed by atoms with E-state index >= 15 is 0 Å². The molecule has 0 radical (unpaired) electrons. The minimum atomic E-state index is -3.41. The number of hydrogen-bond acceptors (Lipinski definition) is 4. The Hall–Kier alpha value is -0.710. The summed E-state index contributed by atoms with van der Waals surface area (Å²) in [5, 5.41) is 0. The zero-order valence-corrected chi connectivity index (χ0v) is 9.19. The molecule has 0 aromatic carbocycles. The predicted molar refractivity (Wildman–Crippen MR) is 51.7 cm³/mol. The molecule has 1 saturated carbocycles. The van der Waals surface area contributed by atoms with Gasteiger partial charge in [0.1, 0.15) is 10.5 Å². The summed E-state index contributed by atoms with van der Waals surface area (Å²) < 4.78 is 21.8. The van der Waals surface area contributed by atoms with Crippen LogP contribution in [0.4, 0.5) is 0 Å². The Labute approximate surface area is 83.6 Å². The number of carbonyl (C=O) groups is 2. The molecule has 0 spiro atoms. The third-order valence-electron chi connectivity index (χ3n) is 2.95. The molecule has 0 aliphatic heterocycles. The lowest BCUT2D eigenvalue weighted by Gasteiger charge is -2.32. The van der Waals surface area contributed by atoms with Crippen molar-refractivity contribution in [2.75, 3.05) is 6.26 Å². The molecule has 0 aromatic heterocycles. The fourth-order valence-electron chi connectivity index (χ4n) is 1.94. The minimum absolute atomic E-state index is 0.150. The Morgan fingerprint density at radius 1 is 1.36 bits per heavy atom. The minimum Gasteiger partial charge on any atom is -0.299 e. The van der Waals surface area contributed by atoms with Gasteiger partial charge in [0, 0.05) is 12.7 Å². The van der Waals surface area contributed by atoms with E-state index in [4.69, 9.17) is 0 Å². The number of sulfone groups is 1. The van der Waals surface area contributed by atoms with Gasteiger partial charge in [0.05, 0.1) is 6.42 Å². The molecule has 1 atom stereocenters. The number of hydrogen-bond donors (Lipinski definition) is 0. The Morgan fingerprint density at radius 2 is 1.93 bits per heavy atom. The van der Waals surface area contributed by atoms with Crippen molar-refractivity contribution >= 4 is 21.4 Å². The summed E-state index contributed by atoms with van der Waals surface area (Å²) in [6, 6.07) is 0. The molecule has 5 heteroatoms. The van der Waals surface area contributed by atoms with Crippen LogP contribution < -0.4 is 0 Å². The van der Waals surface area contributed by atoms with Gasteiger partial charge in [-0.25, -0.2) is 8.42 Å². The normalized spacial score (nSPS) is 29.3. The fraction of sp³-hybridized carbons (Fsp3) is 0.778. The van der Waals surface area contributed by atoms with Gasteiger partial charge in [-0.2, -0.15) is 0 Å². The molecule has 1 aliphatic carbocycles. The van der Waals surface area contributed by atoms with E-state index in [1.807, 2.05) is 0 Å². The fourth-order valence-corrected chi connectivity index (χ4v) is 3.42. The molecule has 4 nitrogen and oxygen atoms in total. The second kappa shape index (κ2) is 3.46. The quantitative estimate of drug-likeness (QED) is 0.633. The number of Topliss-reactive ketones (excluding diaryl/α,β-unsaturated/α-hetero) is 2. The lowest BCUT2D eigenvalue weighted by Crippen LogP contribution is -2.49. The van der Waals surface area contributed by atoms with Gasteiger partial charge < -0.3 is 0 Å². The van der Waals surface area contributed by atoms with Gasteiger partial charge in [0.2, 0.25) is 0 Å². The molecule has 1 rings (SSSR count). The smallest absolute Gasteiger partial charge is 0.161 e. The highest BCUT2D eigenvalue weighted by molar-refractivity contribution is 7.92. The molecule has 1 aliphatic rings. The summed E-state index contributed by atoms with van der Waals surface area (Å²) in [4.78, 5) is 22.6. The summed E-state index contributed by atoms with van der Waals surface area (Å²) in [6.07, 6.45) is 1.47. The molecule has 14 heavy (non-hydrogen) atoms. The van der Waals surface area contributed by atoms with Gasteiger partial charge in [-0.05, 0) is 12.8 Å². The Morgan fingerprint density at radius 3 is 2.29 bits per heavy atom. The molecule has 80 valence electrons. The number of ketones is 2. The van der Waals surface area contributed by atoms with Gasteiger partial charge in [-0.1, -0.05) is 6.92 Å². The Bertz CT molecular complexity index is 368. The van der Waals surface area contributed by atoms with E-state index in [1.165, 1.54) is 0 Å². The molecular weight excluding hydrogens is 204 g/mol. The molecule has 0 amide bonds. The maximum absolute atomic E-state index is 11.6. The van der Waals surface area contributed by atoms with Gasteiger partial charge >= 0.3 is 0 Å². The van der Waals surface area contributed by atoms with Crippen molar-refractivity contribution in [3.8, 4) is 0 Å². The highest BCUT2D eigenvalue weighted by Gasteiger charge is 2.48. The third-order valence-corrected chi connectivity index (χ3v) is 5.09. The standard InChI is InChI=1S/C9H14O4S/c1-3-9(14(2,12)13)5-4-7(10)6-8(9)11/h3-6H2,1-2H3. The van der Waals surface area contributed by atoms with Gasteiger partial charge in [-0.15, -0.1) is 0 Å². The van der Waals surface area contributed by atoms with Crippen LogP contribution in [0.3, 0.4) is 0 Å². The largest absolute Gasteiger partial charge is 0.299 e. The molecule has 0 N–H and O–H groups in total. The second-order valence-electron chi connectivity index (χ2n) is 3.76. The summed E-state index contributed by atoms with van der Waals surface area (Å²) in [5.41, 5.74) is 0. The van der Waals surface area contributed by atoms with Crippen LogP contribution in [-0.2, 0) is 19.4 Å². The van der Waals surface area contributed by atoms with Crippen molar-refractivity contribution in [2.24, 2.45) is 0 Å². The summed E-state index contributed by atoms with van der Waals surface area (Å²) in [6.45, 7) is 1.68. The first-order chi connectivity index (χ1) is 6.33. The zero-order valence-electron chi connectivity index (χ0n) is 8.37. The van der Waals surface area contributed by atoms with Crippen LogP contribution in [0.2, 0.25) is 0 Å². The molecule has 1 unspecified atom stereocenters. The molecule has 1 fully saturated rings. The van der Waals surface area contributed by atoms with E-state index in [0.717, 1.165) is 6.26 Å². The molecule has 0 bridgehead atoms. The van der Waals surface area contributed by atoms with Crippen LogP contribution in [0.15, 0.2) is 0 Å². The van der Waals surface area contributed by atoms with Crippen molar-refractivity contribution in [3.63, 3.8) is 0 Å². The lowest BCUT2D eigenvalue weighted by atomic mass is 9.84. The highest BCUT2D eigenvalue weighted by atomic mass is 32.2. The summed E-state index contributed by atoms with van der Waals surface area (Å²) in [5.74, 6) is -0.582. The van der Waals surface area contributed by atoms with Crippen LogP contribution in [0.5, 0.6) is 0 Å². The molecular formula is C9H14O4S. The Kier molecular flexibility index (Phi) is 2.81. The molecule has 0 aromatic rings. The SMILES string of the molecule is CCC1(S(C)(=O)=O)CCC(=O)CC1=O. The monoisotopic (exact) mass is 218 g/mol. The average Bonchev–Trinajstić information content (AvgIpc) is 2.02. The van der Waals surface area contributed by atoms with E-state index < -0.39 is 20.4 Å². The van der Waals surface area contributed by atoms with Crippen LogP contribution in [-0.4, -0.2) is 31.0 Å². The second-order valence-corrected chi connectivity index (χ2v) is 6.08. The van der Waals surface area contributed by atoms with E-state index in [1.54, 1.807) is 6.92 Å². The van der Waals surface area contributed by atoms with Crippen LogP contribution >= 0.6 is 0 Å².